The van der Waals surface area contributed by atoms with Crippen LogP contribution in [0.3, 0.4) is 0 Å². The molecule has 0 aliphatic carbocycles. The second-order valence-corrected chi connectivity index (χ2v) is 4.42. The Bertz CT molecular complexity index is 498. The summed E-state index contributed by atoms with van der Waals surface area (Å²) in [5.74, 6) is 0. The van der Waals surface area contributed by atoms with E-state index in [1.54, 1.807) is 19.1 Å². The van der Waals surface area contributed by atoms with Gasteiger partial charge in [0, 0.05) is 23.9 Å². The van der Waals surface area contributed by atoms with Gasteiger partial charge in [-0.3, -0.25) is 10.1 Å². The Morgan fingerprint density at radius 2 is 2.32 bits per heavy atom. The third-order valence-corrected chi connectivity index (χ3v) is 2.93. The van der Waals surface area contributed by atoms with E-state index in [-0.39, 0.29) is 17.8 Å². The number of aryl methyl sites for hydroxylation is 1. The summed E-state index contributed by atoms with van der Waals surface area (Å²) in [5.41, 5.74) is 0.941. The van der Waals surface area contributed by atoms with Crippen LogP contribution < -0.4 is 10.6 Å². The van der Waals surface area contributed by atoms with Crippen molar-refractivity contribution < 1.29 is 14.5 Å². The molecule has 102 valence electrons. The number of amides is 2. The molecule has 0 aromatic heterocycles. The number of carbonyl (C=O) groups excluding carboxylic acids is 1. The number of ether oxygens (including phenoxy) is 1. The zero-order chi connectivity index (χ0) is 13.8. The average molecular weight is 265 g/mol. The van der Waals surface area contributed by atoms with E-state index in [1.807, 2.05) is 0 Å². The van der Waals surface area contributed by atoms with Crippen LogP contribution in [-0.4, -0.2) is 30.2 Å². The van der Waals surface area contributed by atoms with Crippen molar-refractivity contribution in [2.45, 2.75) is 19.4 Å². The smallest absolute Gasteiger partial charge is 0.319 e. The molecule has 1 aliphatic rings. The molecule has 7 nitrogen and oxygen atoms in total. The normalized spacial score (nSPS) is 18.1. The molecule has 7 heteroatoms. The molecule has 1 heterocycles. The van der Waals surface area contributed by atoms with Crippen molar-refractivity contribution in [1.82, 2.24) is 5.32 Å². The monoisotopic (exact) mass is 265 g/mol. The number of hydrogen-bond donors (Lipinski definition) is 2. The summed E-state index contributed by atoms with van der Waals surface area (Å²) in [7, 11) is 0. The van der Waals surface area contributed by atoms with Gasteiger partial charge in [0.2, 0.25) is 0 Å². The minimum absolute atomic E-state index is 0.000402. The molecule has 0 radical (unpaired) electrons. The number of nitrogens with one attached hydrogen (secondary N) is 2. The number of urea groups is 1. The molecule has 0 spiro atoms. The van der Waals surface area contributed by atoms with Crippen molar-refractivity contribution in [3.8, 4) is 0 Å². The molecule has 1 fully saturated rings. The van der Waals surface area contributed by atoms with Crippen LogP contribution in [0, 0.1) is 17.0 Å². The molecule has 2 rings (SSSR count). The Hall–Kier alpha value is -2.15. The number of hydrogen-bond acceptors (Lipinski definition) is 4. The van der Waals surface area contributed by atoms with Gasteiger partial charge in [-0.05, 0) is 19.4 Å². The lowest BCUT2D eigenvalue weighted by Gasteiger charge is -2.12. The van der Waals surface area contributed by atoms with Crippen molar-refractivity contribution in [3.05, 3.63) is 33.9 Å². The summed E-state index contributed by atoms with van der Waals surface area (Å²) in [5, 5.41) is 16.1. The topological polar surface area (TPSA) is 93.5 Å². The average Bonchev–Trinajstić information content (AvgIpc) is 2.84. The fourth-order valence-corrected chi connectivity index (χ4v) is 1.88. The quantitative estimate of drug-likeness (QED) is 0.643. The first kappa shape index (κ1) is 13.3. The largest absolute Gasteiger partial charge is 0.379 e. The second kappa shape index (κ2) is 5.66. The zero-order valence-corrected chi connectivity index (χ0v) is 10.5. The van der Waals surface area contributed by atoms with Crippen LogP contribution in [0.4, 0.5) is 16.2 Å². The minimum Gasteiger partial charge on any atom is -0.379 e. The molecule has 1 unspecified atom stereocenters. The van der Waals surface area contributed by atoms with Gasteiger partial charge in [0.25, 0.3) is 5.69 Å². The predicted molar refractivity (Wildman–Crippen MR) is 69.2 cm³/mol. The molecule has 1 atom stereocenters. The number of nitro groups is 1. The molecular formula is C12H15N3O4. The summed E-state index contributed by atoms with van der Waals surface area (Å²) >= 11 is 0. The van der Waals surface area contributed by atoms with Gasteiger partial charge in [0.15, 0.2) is 0 Å². The van der Waals surface area contributed by atoms with Crippen LogP contribution in [0.25, 0.3) is 0 Å². The van der Waals surface area contributed by atoms with Crippen LogP contribution in [0.5, 0.6) is 0 Å². The van der Waals surface area contributed by atoms with E-state index in [0.29, 0.717) is 24.5 Å². The highest BCUT2D eigenvalue weighted by Gasteiger charge is 2.18. The van der Waals surface area contributed by atoms with E-state index < -0.39 is 4.92 Å². The van der Waals surface area contributed by atoms with Gasteiger partial charge in [-0.25, -0.2) is 4.79 Å². The van der Waals surface area contributed by atoms with Crippen molar-refractivity contribution >= 4 is 17.4 Å². The maximum absolute atomic E-state index is 11.7. The van der Waals surface area contributed by atoms with Gasteiger partial charge in [0.1, 0.15) is 0 Å². The SMILES string of the molecule is Cc1ccc(NC(=O)NC2CCOC2)cc1[N+](=O)[O-]. The predicted octanol–water partition coefficient (Wildman–Crippen LogP) is 1.81. The number of carbonyl (C=O) groups is 1. The van der Waals surface area contributed by atoms with Crippen LogP contribution >= 0.6 is 0 Å². The van der Waals surface area contributed by atoms with Gasteiger partial charge in [0.05, 0.1) is 17.6 Å². The van der Waals surface area contributed by atoms with E-state index >= 15 is 0 Å². The van der Waals surface area contributed by atoms with Gasteiger partial charge < -0.3 is 15.4 Å². The Morgan fingerprint density at radius 1 is 1.53 bits per heavy atom. The fraction of sp³-hybridized carbons (Fsp3) is 0.417. The number of nitro benzene ring substituents is 1. The Kier molecular flexibility index (Phi) is 3.96. The maximum Gasteiger partial charge on any atom is 0.319 e. The highest BCUT2D eigenvalue weighted by atomic mass is 16.6. The van der Waals surface area contributed by atoms with Crippen LogP contribution in [0.15, 0.2) is 18.2 Å². The van der Waals surface area contributed by atoms with E-state index in [4.69, 9.17) is 4.74 Å². The standard InChI is InChI=1S/C12H15N3O4/c1-8-2-3-9(6-11(8)15(17)18)13-12(16)14-10-4-5-19-7-10/h2-3,6,10H,4-5,7H2,1H3,(H2,13,14,16). The number of nitrogens with zero attached hydrogens (tertiary/aromatic N) is 1. The Labute approximate surface area is 110 Å². The maximum atomic E-state index is 11.7. The first-order valence-corrected chi connectivity index (χ1v) is 5.96. The molecule has 2 N–H and O–H groups in total. The van der Waals surface area contributed by atoms with E-state index in [1.165, 1.54) is 6.07 Å². The number of anilines is 1. The zero-order valence-electron chi connectivity index (χ0n) is 10.5. The summed E-state index contributed by atoms with van der Waals surface area (Å²) in [6.07, 6.45) is 0.779. The van der Waals surface area contributed by atoms with Crippen LogP contribution in [0.2, 0.25) is 0 Å². The van der Waals surface area contributed by atoms with Crippen molar-refractivity contribution in [2.24, 2.45) is 0 Å². The molecule has 19 heavy (non-hydrogen) atoms. The van der Waals surface area contributed by atoms with Crippen LogP contribution in [-0.2, 0) is 4.74 Å². The molecule has 1 aromatic carbocycles. The third-order valence-electron chi connectivity index (χ3n) is 2.93. The molecule has 1 aliphatic heterocycles. The van der Waals surface area contributed by atoms with E-state index in [2.05, 4.69) is 10.6 Å². The second-order valence-electron chi connectivity index (χ2n) is 4.42. The molecule has 0 saturated carbocycles. The molecular weight excluding hydrogens is 250 g/mol. The fourth-order valence-electron chi connectivity index (χ4n) is 1.88. The van der Waals surface area contributed by atoms with Crippen molar-refractivity contribution in [3.63, 3.8) is 0 Å². The van der Waals surface area contributed by atoms with E-state index in [0.717, 1.165) is 6.42 Å². The summed E-state index contributed by atoms with van der Waals surface area (Å²) in [6, 6.07) is 4.20. The summed E-state index contributed by atoms with van der Waals surface area (Å²) < 4.78 is 5.14. The van der Waals surface area contributed by atoms with Crippen molar-refractivity contribution in [2.75, 3.05) is 18.5 Å². The van der Waals surface area contributed by atoms with E-state index in [9.17, 15) is 14.9 Å². The molecule has 2 amide bonds. The number of benzene rings is 1. The molecule has 1 aromatic rings. The summed E-state index contributed by atoms with van der Waals surface area (Å²) in [4.78, 5) is 22.0. The Morgan fingerprint density at radius 3 is 2.95 bits per heavy atom. The number of rotatable bonds is 3. The van der Waals surface area contributed by atoms with Gasteiger partial charge >= 0.3 is 6.03 Å². The minimum atomic E-state index is -0.469. The first-order valence-electron chi connectivity index (χ1n) is 5.96. The van der Waals surface area contributed by atoms with Gasteiger partial charge in [-0.15, -0.1) is 0 Å². The lowest BCUT2D eigenvalue weighted by atomic mass is 10.2. The van der Waals surface area contributed by atoms with Crippen molar-refractivity contribution in [1.29, 1.82) is 0 Å². The third kappa shape index (κ3) is 3.41. The Balaban J connectivity index is 2.00. The molecule has 1 saturated heterocycles. The highest BCUT2D eigenvalue weighted by Crippen LogP contribution is 2.22. The van der Waals surface area contributed by atoms with Gasteiger partial charge in [-0.1, -0.05) is 6.07 Å². The van der Waals surface area contributed by atoms with Gasteiger partial charge in [-0.2, -0.15) is 0 Å². The lowest BCUT2D eigenvalue weighted by molar-refractivity contribution is -0.385. The van der Waals surface area contributed by atoms with Crippen LogP contribution in [0.1, 0.15) is 12.0 Å². The summed E-state index contributed by atoms with van der Waals surface area (Å²) in [6.45, 7) is 2.79. The highest BCUT2D eigenvalue weighted by molar-refractivity contribution is 5.89. The lowest BCUT2D eigenvalue weighted by Crippen LogP contribution is -2.38. The first-order chi connectivity index (χ1) is 9.06. The molecule has 0 bridgehead atoms.